The number of H-pyrrole nitrogens is 1. The van der Waals surface area contributed by atoms with Crippen molar-refractivity contribution in [2.45, 2.75) is 31.8 Å². The van der Waals surface area contributed by atoms with E-state index in [2.05, 4.69) is 22.0 Å². The van der Waals surface area contributed by atoms with Gasteiger partial charge in [0, 0.05) is 37.0 Å². The molecule has 0 aliphatic carbocycles. The topological polar surface area (TPSA) is 69.3 Å². The Kier molecular flexibility index (Phi) is 4.62. The lowest BCUT2D eigenvalue weighted by Crippen LogP contribution is -2.48. The van der Waals surface area contributed by atoms with Crippen molar-refractivity contribution in [3.63, 3.8) is 0 Å². The van der Waals surface area contributed by atoms with Gasteiger partial charge in [-0.2, -0.15) is 5.10 Å². The first kappa shape index (κ1) is 18.9. The number of hydrogen-bond donors (Lipinski definition) is 1. The van der Waals surface area contributed by atoms with Gasteiger partial charge in [0.25, 0.3) is 11.5 Å². The van der Waals surface area contributed by atoms with Crippen LogP contribution in [0.1, 0.15) is 35.0 Å². The third-order valence-electron chi connectivity index (χ3n) is 6.43. The Morgan fingerprint density at radius 3 is 2.70 bits per heavy atom. The maximum absolute atomic E-state index is 14.6. The molecule has 0 spiro atoms. The lowest BCUT2D eigenvalue weighted by molar-refractivity contribution is 0.0626. The predicted molar refractivity (Wildman–Crippen MR) is 112 cm³/mol. The number of benzene rings is 2. The number of fused-ring (bicyclic) bond motifs is 3. The second-order valence-corrected chi connectivity index (χ2v) is 8.12. The molecule has 2 aliphatic heterocycles. The van der Waals surface area contributed by atoms with Gasteiger partial charge in [-0.1, -0.05) is 31.2 Å². The van der Waals surface area contributed by atoms with Crippen molar-refractivity contribution in [2.24, 2.45) is 0 Å². The van der Waals surface area contributed by atoms with E-state index in [-0.39, 0.29) is 23.1 Å². The number of nitrogens with one attached hydrogen (secondary N) is 1. The predicted octanol–water partition coefficient (Wildman–Crippen LogP) is 2.57. The molecule has 1 amide bonds. The summed E-state index contributed by atoms with van der Waals surface area (Å²) >= 11 is 0. The highest BCUT2D eigenvalue weighted by atomic mass is 19.1. The summed E-state index contributed by atoms with van der Waals surface area (Å²) in [5, 5.41) is 8.04. The van der Waals surface area contributed by atoms with Gasteiger partial charge in [0.05, 0.1) is 16.6 Å². The Bertz CT molecular complexity index is 1190. The highest BCUT2D eigenvalue weighted by Gasteiger charge is 2.44. The van der Waals surface area contributed by atoms with E-state index < -0.39 is 5.82 Å². The van der Waals surface area contributed by atoms with Crippen molar-refractivity contribution < 1.29 is 9.18 Å². The molecule has 2 fully saturated rings. The second kappa shape index (κ2) is 7.32. The zero-order chi connectivity index (χ0) is 20.8. The fourth-order valence-electron chi connectivity index (χ4n) is 4.89. The van der Waals surface area contributed by atoms with Crippen LogP contribution in [-0.4, -0.2) is 57.6 Å². The number of rotatable bonds is 4. The van der Waals surface area contributed by atoms with Gasteiger partial charge < -0.3 is 4.90 Å². The van der Waals surface area contributed by atoms with Gasteiger partial charge in [-0.3, -0.25) is 14.5 Å². The molecule has 2 bridgehead atoms. The monoisotopic (exact) mass is 406 g/mol. The molecule has 3 heterocycles. The number of nitrogens with zero attached hydrogens (tertiary/aromatic N) is 3. The third kappa shape index (κ3) is 3.10. The fourth-order valence-corrected chi connectivity index (χ4v) is 4.89. The summed E-state index contributed by atoms with van der Waals surface area (Å²) in [6, 6.07) is 12.5. The summed E-state index contributed by atoms with van der Waals surface area (Å²) in [5.74, 6) is -0.741. The average molecular weight is 406 g/mol. The first-order valence-corrected chi connectivity index (χ1v) is 10.3. The highest BCUT2D eigenvalue weighted by molar-refractivity contribution is 5.95. The summed E-state index contributed by atoms with van der Waals surface area (Å²) in [5.41, 5.74) is 1.34. The van der Waals surface area contributed by atoms with Crippen molar-refractivity contribution in [3.8, 4) is 0 Å². The van der Waals surface area contributed by atoms with Gasteiger partial charge >= 0.3 is 0 Å². The Hall–Kier alpha value is -3.06. The molecule has 30 heavy (non-hydrogen) atoms. The lowest BCUT2D eigenvalue weighted by atomic mass is 10.0. The van der Waals surface area contributed by atoms with Gasteiger partial charge in [-0.15, -0.1) is 0 Å². The van der Waals surface area contributed by atoms with E-state index in [0.717, 1.165) is 30.5 Å². The third-order valence-corrected chi connectivity index (χ3v) is 6.43. The summed E-state index contributed by atoms with van der Waals surface area (Å²) in [7, 11) is 0. The van der Waals surface area contributed by atoms with Crippen LogP contribution < -0.4 is 5.56 Å². The van der Waals surface area contributed by atoms with Crippen molar-refractivity contribution >= 4 is 16.7 Å². The van der Waals surface area contributed by atoms with Gasteiger partial charge in [-0.05, 0) is 36.7 Å². The minimum absolute atomic E-state index is 0.108. The number of aromatic amines is 1. The zero-order valence-electron chi connectivity index (χ0n) is 16.8. The number of carbonyl (C=O) groups excluding carboxylic acids is 1. The van der Waals surface area contributed by atoms with E-state index in [1.54, 1.807) is 24.3 Å². The van der Waals surface area contributed by atoms with Crippen LogP contribution in [0.5, 0.6) is 0 Å². The minimum atomic E-state index is -0.502. The molecule has 1 aromatic heterocycles. The SMILES string of the molecule is CCN1CC2CC1CN2C(=O)c1cc(Cc2n[nH]c(=O)c3ccccc23)ccc1F. The van der Waals surface area contributed by atoms with E-state index in [1.165, 1.54) is 6.07 Å². The van der Waals surface area contributed by atoms with Crippen LogP contribution in [0.2, 0.25) is 0 Å². The maximum Gasteiger partial charge on any atom is 0.272 e. The van der Waals surface area contributed by atoms with Crippen LogP contribution in [0.4, 0.5) is 4.39 Å². The molecule has 0 saturated carbocycles. The largest absolute Gasteiger partial charge is 0.333 e. The minimum Gasteiger partial charge on any atom is -0.333 e. The molecule has 154 valence electrons. The molecule has 5 rings (SSSR count). The number of likely N-dealkylation sites (N-methyl/N-ethyl adjacent to an activating group) is 1. The molecule has 0 radical (unpaired) electrons. The van der Waals surface area contributed by atoms with E-state index in [9.17, 15) is 14.0 Å². The number of amides is 1. The number of aromatic nitrogens is 2. The van der Waals surface area contributed by atoms with Gasteiger partial charge in [0.1, 0.15) is 5.82 Å². The molecule has 6 nitrogen and oxygen atoms in total. The molecule has 2 aliphatic rings. The maximum atomic E-state index is 14.6. The standard InChI is InChI=1S/C23H23FN4O2/c1-2-27-12-16-11-15(27)13-28(16)23(30)19-9-14(7-8-20(19)24)10-21-17-5-3-4-6-18(17)22(29)26-25-21/h3-9,15-16H,2,10-13H2,1H3,(H,26,29). The van der Waals surface area contributed by atoms with Crippen LogP contribution in [0.25, 0.3) is 10.8 Å². The van der Waals surface area contributed by atoms with Gasteiger partial charge in [0.15, 0.2) is 0 Å². The van der Waals surface area contributed by atoms with Crippen LogP contribution in [0.15, 0.2) is 47.3 Å². The quantitative estimate of drug-likeness (QED) is 0.723. The smallest absolute Gasteiger partial charge is 0.272 e. The molecule has 1 N–H and O–H groups in total. The summed E-state index contributed by atoms with van der Waals surface area (Å²) in [4.78, 5) is 29.3. The Labute approximate surface area is 173 Å². The molecule has 2 unspecified atom stereocenters. The Morgan fingerprint density at radius 1 is 1.17 bits per heavy atom. The number of hydrogen-bond acceptors (Lipinski definition) is 4. The van der Waals surface area contributed by atoms with Crippen LogP contribution >= 0.6 is 0 Å². The second-order valence-electron chi connectivity index (χ2n) is 8.12. The van der Waals surface area contributed by atoms with Crippen molar-refractivity contribution in [2.75, 3.05) is 19.6 Å². The van der Waals surface area contributed by atoms with E-state index in [1.807, 2.05) is 17.0 Å². The van der Waals surface area contributed by atoms with Crippen molar-refractivity contribution in [3.05, 3.63) is 75.5 Å². The van der Waals surface area contributed by atoms with E-state index in [4.69, 9.17) is 0 Å². The summed E-state index contributed by atoms with van der Waals surface area (Å²) in [6.45, 7) is 4.63. The Balaban J connectivity index is 1.43. The number of piperazine rings is 1. The number of halogens is 1. The first-order chi connectivity index (χ1) is 14.5. The van der Waals surface area contributed by atoms with Gasteiger partial charge in [0.2, 0.25) is 0 Å². The molecular formula is C23H23FN4O2. The fraction of sp³-hybridized carbons (Fsp3) is 0.348. The van der Waals surface area contributed by atoms with Crippen LogP contribution in [0, 0.1) is 5.82 Å². The first-order valence-electron chi connectivity index (χ1n) is 10.3. The van der Waals surface area contributed by atoms with E-state index >= 15 is 0 Å². The van der Waals surface area contributed by atoms with Crippen molar-refractivity contribution in [1.29, 1.82) is 0 Å². The highest BCUT2D eigenvalue weighted by Crippen LogP contribution is 2.32. The van der Waals surface area contributed by atoms with Crippen LogP contribution in [0.3, 0.4) is 0 Å². The zero-order valence-corrected chi connectivity index (χ0v) is 16.8. The molecule has 2 aromatic carbocycles. The van der Waals surface area contributed by atoms with E-state index in [0.29, 0.717) is 30.1 Å². The normalized spacial score (nSPS) is 20.9. The number of carbonyl (C=O) groups is 1. The molecule has 2 atom stereocenters. The average Bonchev–Trinajstić information content (AvgIpc) is 3.37. The summed E-state index contributed by atoms with van der Waals surface area (Å²) < 4.78 is 14.6. The lowest BCUT2D eigenvalue weighted by Gasteiger charge is -2.33. The van der Waals surface area contributed by atoms with Crippen LogP contribution in [-0.2, 0) is 6.42 Å². The summed E-state index contributed by atoms with van der Waals surface area (Å²) in [6.07, 6.45) is 1.36. The molecule has 7 heteroatoms. The Morgan fingerprint density at radius 2 is 1.97 bits per heavy atom. The molecular weight excluding hydrogens is 383 g/mol. The molecule has 2 saturated heterocycles. The number of likely N-dealkylation sites (tertiary alicyclic amines) is 2. The van der Waals surface area contributed by atoms with Crippen molar-refractivity contribution in [1.82, 2.24) is 20.0 Å². The van der Waals surface area contributed by atoms with Gasteiger partial charge in [-0.25, -0.2) is 9.49 Å². The molecule has 3 aromatic rings.